The van der Waals surface area contributed by atoms with Gasteiger partial charge in [-0.25, -0.2) is 4.98 Å². The Morgan fingerprint density at radius 2 is 2.04 bits per heavy atom. The fraction of sp³-hybridized carbons (Fsp3) is 0.500. The van der Waals surface area contributed by atoms with E-state index in [2.05, 4.69) is 63.6 Å². The maximum absolute atomic E-state index is 4.48. The third kappa shape index (κ3) is 5.81. The van der Waals surface area contributed by atoms with E-state index in [4.69, 9.17) is 0 Å². The number of aryl methyl sites for hydroxylation is 2. The molecule has 2 aromatic rings. The van der Waals surface area contributed by atoms with E-state index in [1.54, 1.807) is 11.3 Å². The van der Waals surface area contributed by atoms with Gasteiger partial charge in [-0.3, -0.25) is 4.99 Å². The van der Waals surface area contributed by atoms with Crippen LogP contribution in [-0.4, -0.2) is 31.1 Å². The summed E-state index contributed by atoms with van der Waals surface area (Å²) in [5, 5.41) is 8.02. The summed E-state index contributed by atoms with van der Waals surface area (Å²) in [5.41, 5.74) is 3.70. The first-order valence-electron chi connectivity index (χ1n) is 9.32. The van der Waals surface area contributed by atoms with E-state index < -0.39 is 0 Å². The molecule has 1 aromatic heterocycles. The minimum Gasteiger partial charge on any atom is -0.372 e. The molecular formula is C20H30IN5S. The summed E-state index contributed by atoms with van der Waals surface area (Å²) >= 11 is 1.74. The number of halogens is 1. The van der Waals surface area contributed by atoms with Crippen LogP contribution in [0.5, 0.6) is 0 Å². The molecule has 1 fully saturated rings. The number of thiazole rings is 1. The number of rotatable bonds is 5. The molecule has 0 amide bonds. The highest BCUT2D eigenvalue weighted by Gasteiger charge is 2.15. The Labute approximate surface area is 183 Å². The summed E-state index contributed by atoms with van der Waals surface area (Å²) in [7, 11) is 1.81. The van der Waals surface area contributed by atoms with Crippen LogP contribution in [-0.2, 0) is 6.54 Å². The van der Waals surface area contributed by atoms with Gasteiger partial charge in [0.1, 0.15) is 0 Å². The van der Waals surface area contributed by atoms with E-state index in [9.17, 15) is 0 Å². The summed E-state index contributed by atoms with van der Waals surface area (Å²) in [5.74, 6) is 0.814. The van der Waals surface area contributed by atoms with E-state index in [0.29, 0.717) is 0 Å². The molecule has 1 atom stereocenters. The van der Waals surface area contributed by atoms with Gasteiger partial charge in [0.15, 0.2) is 5.96 Å². The Bertz CT molecular complexity index is 767. The van der Waals surface area contributed by atoms with Crippen LogP contribution >= 0.6 is 35.3 Å². The molecule has 1 aromatic carbocycles. The number of guanidine groups is 1. The van der Waals surface area contributed by atoms with Gasteiger partial charge in [-0.2, -0.15) is 0 Å². The van der Waals surface area contributed by atoms with Crippen LogP contribution in [0.3, 0.4) is 0 Å². The Balaban J connectivity index is 0.00000261. The lowest BCUT2D eigenvalue weighted by Crippen LogP contribution is -2.38. The molecule has 27 heavy (non-hydrogen) atoms. The first-order chi connectivity index (χ1) is 12.6. The van der Waals surface area contributed by atoms with Crippen LogP contribution in [0.1, 0.15) is 46.9 Å². The van der Waals surface area contributed by atoms with Crippen molar-refractivity contribution in [3.05, 3.63) is 45.4 Å². The van der Waals surface area contributed by atoms with Crippen LogP contribution in [0.15, 0.2) is 29.3 Å². The van der Waals surface area contributed by atoms with Gasteiger partial charge >= 0.3 is 0 Å². The molecule has 5 nitrogen and oxygen atoms in total. The number of benzene rings is 1. The lowest BCUT2D eigenvalue weighted by Gasteiger charge is -2.22. The summed E-state index contributed by atoms with van der Waals surface area (Å²) in [6, 6.07) is 9.03. The number of anilines is 1. The molecule has 3 rings (SSSR count). The Hall–Kier alpha value is -1.35. The van der Waals surface area contributed by atoms with Crippen molar-refractivity contribution in [3.8, 4) is 0 Å². The monoisotopic (exact) mass is 499 g/mol. The molecule has 2 heterocycles. The first kappa shape index (κ1) is 21.9. The van der Waals surface area contributed by atoms with Crippen LogP contribution in [0.4, 0.5) is 5.69 Å². The SMILES string of the molecule is CN=C(NCc1sc(C)nc1C)NC(C)c1cccc(N2CCCC2)c1.I. The number of nitrogens with one attached hydrogen (secondary N) is 2. The highest BCUT2D eigenvalue weighted by atomic mass is 127. The second kappa shape index (κ2) is 10.3. The molecule has 1 aliphatic heterocycles. The van der Waals surface area contributed by atoms with Crippen LogP contribution in [0.2, 0.25) is 0 Å². The second-order valence-electron chi connectivity index (χ2n) is 6.82. The van der Waals surface area contributed by atoms with Gasteiger partial charge in [-0.15, -0.1) is 35.3 Å². The van der Waals surface area contributed by atoms with Crippen LogP contribution in [0.25, 0.3) is 0 Å². The molecule has 0 radical (unpaired) electrons. The third-order valence-corrected chi connectivity index (χ3v) is 5.91. The van der Waals surface area contributed by atoms with Gasteiger partial charge in [0, 0.05) is 30.7 Å². The standard InChI is InChI=1S/C20H29N5S.HI/c1-14(17-8-7-9-18(12-17)25-10-5-6-11-25)24-20(21-4)22-13-19-15(2)23-16(3)26-19;/h7-9,12,14H,5-6,10-11,13H2,1-4H3,(H2,21,22,24);1H. The molecule has 148 valence electrons. The molecule has 1 saturated heterocycles. The van der Waals surface area contributed by atoms with E-state index in [-0.39, 0.29) is 30.0 Å². The van der Waals surface area contributed by atoms with E-state index in [1.165, 1.54) is 42.1 Å². The molecular weight excluding hydrogens is 469 g/mol. The van der Waals surface area contributed by atoms with E-state index >= 15 is 0 Å². The average molecular weight is 499 g/mol. The molecule has 2 N–H and O–H groups in total. The maximum Gasteiger partial charge on any atom is 0.191 e. The quantitative estimate of drug-likeness (QED) is 0.364. The molecule has 0 aliphatic carbocycles. The summed E-state index contributed by atoms with van der Waals surface area (Å²) < 4.78 is 0. The van der Waals surface area contributed by atoms with Crippen molar-refractivity contribution < 1.29 is 0 Å². The highest BCUT2D eigenvalue weighted by molar-refractivity contribution is 14.0. The molecule has 1 unspecified atom stereocenters. The largest absolute Gasteiger partial charge is 0.372 e. The topological polar surface area (TPSA) is 52.6 Å². The minimum absolute atomic E-state index is 0. The molecule has 1 aliphatic rings. The number of aromatic nitrogens is 1. The van der Waals surface area contributed by atoms with Crippen molar-refractivity contribution >= 4 is 47.0 Å². The van der Waals surface area contributed by atoms with Gasteiger partial charge in [0.05, 0.1) is 23.3 Å². The van der Waals surface area contributed by atoms with Gasteiger partial charge in [0.2, 0.25) is 0 Å². The maximum atomic E-state index is 4.48. The molecule has 0 spiro atoms. The van der Waals surface area contributed by atoms with E-state index in [0.717, 1.165) is 23.2 Å². The predicted octanol–water partition coefficient (Wildman–Crippen LogP) is 4.40. The Morgan fingerprint density at radius 3 is 2.67 bits per heavy atom. The van der Waals surface area contributed by atoms with Gasteiger partial charge < -0.3 is 15.5 Å². The normalized spacial score (nSPS) is 15.4. The lowest BCUT2D eigenvalue weighted by atomic mass is 10.1. The second-order valence-corrected chi connectivity index (χ2v) is 8.11. The van der Waals surface area contributed by atoms with Gasteiger partial charge in [0.25, 0.3) is 0 Å². The number of hydrogen-bond donors (Lipinski definition) is 2. The van der Waals surface area contributed by atoms with Crippen molar-refractivity contribution in [2.75, 3.05) is 25.0 Å². The highest BCUT2D eigenvalue weighted by Crippen LogP contribution is 2.24. The van der Waals surface area contributed by atoms with E-state index in [1.807, 2.05) is 14.0 Å². The lowest BCUT2D eigenvalue weighted by molar-refractivity contribution is 0.685. The van der Waals surface area contributed by atoms with Crippen molar-refractivity contribution in [1.82, 2.24) is 15.6 Å². The zero-order valence-electron chi connectivity index (χ0n) is 16.6. The Morgan fingerprint density at radius 1 is 1.30 bits per heavy atom. The fourth-order valence-corrected chi connectivity index (χ4v) is 4.23. The van der Waals surface area contributed by atoms with Crippen molar-refractivity contribution in [2.45, 2.75) is 46.2 Å². The van der Waals surface area contributed by atoms with Crippen molar-refractivity contribution in [2.24, 2.45) is 4.99 Å². The average Bonchev–Trinajstić information content (AvgIpc) is 3.28. The smallest absolute Gasteiger partial charge is 0.191 e. The van der Waals surface area contributed by atoms with Gasteiger partial charge in [-0.1, -0.05) is 12.1 Å². The van der Waals surface area contributed by atoms with Crippen LogP contribution < -0.4 is 15.5 Å². The first-order valence-corrected chi connectivity index (χ1v) is 10.1. The molecule has 0 saturated carbocycles. The third-order valence-electron chi connectivity index (χ3n) is 4.83. The summed E-state index contributed by atoms with van der Waals surface area (Å²) in [6.45, 7) is 9.37. The predicted molar refractivity (Wildman–Crippen MR) is 127 cm³/mol. The zero-order chi connectivity index (χ0) is 18.5. The summed E-state index contributed by atoms with van der Waals surface area (Å²) in [6.07, 6.45) is 2.59. The number of nitrogens with zero attached hydrogens (tertiary/aromatic N) is 3. The van der Waals surface area contributed by atoms with Crippen molar-refractivity contribution in [1.29, 1.82) is 0 Å². The molecule has 7 heteroatoms. The fourth-order valence-electron chi connectivity index (χ4n) is 3.35. The molecule has 0 bridgehead atoms. The number of aliphatic imine (C=N–C) groups is 1. The van der Waals surface area contributed by atoms with Crippen molar-refractivity contribution in [3.63, 3.8) is 0 Å². The zero-order valence-corrected chi connectivity index (χ0v) is 19.7. The summed E-state index contributed by atoms with van der Waals surface area (Å²) in [4.78, 5) is 12.6. The number of hydrogen-bond acceptors (Lipinski definition) is 4. The minimum atomic E-state index is 0. The van der Waals surface area contributed by atoms with Crippen LogP contribution in [0, 0.1) is 13.8 Å². The Kier molecular flexibility index (Phi) is 8.34. The van der Waals surface area contributed by atoms with Gasteiger partial charge in [-0.05, 0) is 51.3 Å².